The number of hydrogen-bond donors (Lipinski definition) is 1. The van der Waals surface area contributed by atoms with E-state index in [2.05, 4.69) is 5.32 Å². The van der Waals surface area contributed by atoms with Gasteiger partial charge in [-0.2, -0.15) is 0 Å². The van der Waals surface area contributed by atoms with E-state index in [1.165, 1.54) is 0 Å². The van der Waals surface area contributed by atoms with Gasteiger partial charge in [0.15, 0.2) is 9.84 Å². The first kappa shape index (κ1) is 12.8. The van der Waals surface area contributed by atoms with E-state index in [4.69, 9.17) is 0 Å². The molecule has 0 aliphatic carbocycles. The summed E-state index contributed by atoms with van der Waals surface area (Å²) >= 11 is 0. The van der Waals surface area contributed by atoms with Gasteiger partial charge in [0.25, 0.3) is 0 Å². The lowest BCUT2D eigenvalue weighted by Crippen LogP contribution is -2.25. The van der Waals surface area contributed by atoms with E-state index in [1.54, 1.807) is 37.4 Å². The molecule has 0 heterocycles. The summed E-state index contributed by atoms with van der Waals surface area (Å²) in [5.41, 5.74) is 0.740. The van der Waals surface area contributed by atoms with Crippen molar-refractivity contribution in [2.24, 2.45) is 0 Å². The first-order valence-electron chi connectivity index (χ1n) is 5.67. The molecule has 0 saturated carbocycles. The Balaban J connectivity index is 2.46. The molecule has 2 rings (SSSR count). The van der Waals surface area contributed by atoms with E-state index in [9.17, 15) is 8.42 Å². The van der Waals surface area contributed by atoms with Gasteiger partial charge in [0.2, 0.25) is 0 Å². The van der Waals surface area contributed by atoms with E-state index in [1.807, 2.05) is 30.3 Å². The number of sulfone groups is 1. The van der Waals surface area contributed by atoms with Crippen LogP contribution in [0.4, 0.5) is 0 Å². The van der Waals surface area contributed by atoms with Crippen LogP contribution in [0.5, 0.6) is 0 Å². The summed E-state index contributed by atoms with van der Waals surface area (Å²) in [6.07, 6.45) is 0. The molecule has 0 saturated heterocycles. The Bertz CT molecular complexity index is 594. The zero-order chi connectivity index (χ0) is 13.0. The summed E-state index contributed by atoms with van der Waals surface area (Å²) in [7, 11) is -1.76. The van der Waals surface area contributed by atoms with Gasteiger partial charge in [0.1, 0.15) is 5.37 Å². The Morgan fingerprint density at radius 3 is 1.89 bits per heavy atom. The number of hydrogen-bond acceptors (Lipinski definition) is 3. The van der Waals surface area contributed by atoms with Crippen LogP contribution >= 0.6 is 0 Å². The van der Waals surface area contributed by atoms with Crippen LogP contribution in [0.3, 0.4) is 0 Å². The molecule has 2 aromatic carbocycles. The molecule has 3 nitrogen and oxygen atoms in total. The van der Waals surface area contributed by atoms with Crippen LogP contribution in [-0.2, 0) is 9.84 Å². The summed E-state index contributed by atoms with van der Waals surface area (Å²) in [6.45, 7) is 0. The Kier molecular flexibility index (Phi) is 3.79. The number of benzene rings is 2. The predicted octanol–water partition coefficient (Wildman–Crippen LogP) is 2.38. The molecule has 4 heteroatoms. The van der Waals surface area contributed by atoms with Gasteiger partial charge in [-0.3, -0.25) is 0 Å². The third-order valence-electron chi connectivity index (χ3n) is 2.75. The van der Waals surface area contributed by atoms with Crippen LogP contribution in [0.1, 0.15) is 10.9 Å². The molecule has 0 spiro atoms. The summed E-state index contributed by atoms with van der Waals surface area (Å²) in [5.74, 6) is 0. The monoisotopic (exact) mass is 261 g/mol. The van der Waals surface area contributed by atoms with Gasteiger partial charge in [0, 0.05) is 0 Å². The predicted molar refractivity (Wildman–Crippen MR) is 71.9 cm³/mol. The maximum Gasteiger partial charge on any atom is 0.198 e. The van der Waals surface area contributed by atoms with Gasteiger partial charge in [-0.1, -0.05) is 48.5 Å². The topological polar surface area (TPSA) is 46.2 Å². The fourth-order valence-corrected chi connectivity index (χ4v) is 3.51. The minimum absolute atomic E-state index is 0.327. The molecule has 1 atom stereocenters. The zero-order valence-corrected chi connectivity index (χ0v) is 10.9. The quantitative estimate of drug-likeness (QED) is 0.919. The van der Waals surface area contributed by atoms with Crippen LogP contribution in [0.15, 0.2) is 65.6 Å². The van der Waals surface area contributed by atoms with Crippen molar-refractivity contribution in [1.29, 1.82) is 0 Å². The van der Waals surface area contributed by atoms with Gasteiger partial charge < -0.3 is 5.32 Å². The fourth-order valence-electron chi connectivity index (χ4n) is 1.88. The summed E-state index contributed by atoms with van der Waals surface area (Å²) in [5, 5.41) is 2.15. The highest BCUT2D eigenvalue weighted by molar-refractivity contribution is 7.91. The van der Waals surface area contributed by atoms with Crippen molar-refractivity contribution in [3.05, 3.63) is 66.2 Å². The van der Waals surface area contributed by atoms with Gasteiger partial charge in [0.05, 0.1) is 4.90 Å². The Labute approximate surface area is 107 Å². The third kappa shape index (κ3) is 2.44. The molecular weight excluding hydrogens is 246 g/mol. The molecule has 0 aliphatic rings. The van der Waals surface area contributed by atoms with Crippen LogP contribution < -0.4 is 5.32 Å². The minimum Gasteiger partial charge on any atom is -0.300 e. The first-order valence-corrected chi connectivity index (χ1v) is 7.22. The van der Waals surface area contributed by atoms with Gasteiger partial charge in [-0.25, -0.2) is 8.42 Å². The zero-order valence-electron chi connectivity index (χ0n) is 10.1. The molecule has 18 heavy (non-hydrogen) atoms. The van der Waals surface area contributed by atoms with E-state index in [-0.39, 0.29) is 0 Å². The largest absolute Gasteiger partial charge is 0.300 e. The number of rotatable bonds is 4. The third-order valence-corrected chi connectivity index (χ3v) is 4.80. The van der Waals surface area contributed by atoms with Crippen LogP contribution in [0.25, 0.3) is 0 Å². The molecule has 0 amide bonds. The molecule has 0 radical (unpaired) electrons. The van der Waals surface area contributed by atoms with Crippen molar-refractivity contribution in [3.8, 4) is 0 Å². The summed E-state index contributed by atoms with van der Waals surface area (Å²) in [4.78, 5) is 0.327. The molecule has 94 valence electrons. The summed E-state index contributed by atoms with van der Waals surface area (Å²) < 4.78 is 25.0. The first-order chi connectivity index (χ1) is 8.66. The molecule has 0 bridgehead atoms. The second kappa shape index (κ2) is 5.33. The fraction of sp³-hybridized carbons (Fsp3) is 0.143. The molecule has 0 aromatic heterocycles. The standard InChI is InChI=1S/C14H15NO2S/c1-15-14(12-8-4-2-5-9-12)18(16,17)13-10-6-3-7-11-13/h2-11,14-15H,1H3. The van der Waals surface area contributed by atoms with E-state index >= 15 is 0 Å². The molecule has 2 aromatic rings. The van der Waals surface area contributed by atoms with Crippen molar-refractivity contribution >= 4 is 9.84 Å². The molecule has 0 aliphatic heterocycles. The Hall–Kier alpha value is -1.65. The lowest BCUT2D eigenvalue weighted by Gasteiger charge is -2.17. The maximum atomic E-state index is 12.5. The average molecular weight is 261 g/mol. The van der Waals surface area contributed by atoms with Crippen molar-refractivity contribution in [1.82, 2.24) is 5.32 Å². The average Bonchev–Trinajstić information content (AvgIpc) is 2.41. The van der Waals surface area contributed by atoms with Crippen molar-refractivity contribution < 1.29 is 8.42 Å². The summed E-state index contributed by atoms with van der Waals surface area (Å²) in [6, 6.07) is 17.6. The van der Waals surface area contributed by atoms with Crippen molar-refractivity contribution in [2.75, 3.05) is 7.05 Å². The van der Waals surface area contributed by atoms with Crippen molar-refractivity contribution in [3.63, 3.8) is 0 Å². The smallest absolute Gasteiger partial charge is 0.198 e. The second-order valence-electron chi connectivity index (χ2n) is 3.94. The van der Waals surface area contributed by atoms with Crippen LogP contribution in [0, 0.1) is 0 Å². The molecule has 1 unspecified atom stereocenters. The van der Waals surface area contributed by atoms with Gasteiger partial charge >= 0.3 is 0 Å². The van der Waals surface area contributed by atoms with Gasteiger partial charge in [-0.05, 0) is 24.7 Å². The highest BCUT2D eigenvalue weighted by atomic mass is 32.2. The number of nitrogens with one attached hydrogen (secondary N) is 1. The van der Waals surface area contributed by atoms with E-state index in [0.29, 0.717) is 4.90 Å². The normalized spacial score (nSPS) is 13.2. The van der Waals surface area contributed by atoms with Crippen LogP contribution in [-0.4, -0.2) is 15.5 Å². The van der Waals surface area contributed by atoms with Gasteiger partial charge in [-0.15, -0.1) is 0 Å². The molecule has 1 N–H and O–H groups in total. The molecular formula is C14H15NO2S. The Morgan fingerprint density at radius 1 is 0.889 bits per heavy atom. The highest BCUT2D eigenvalue weighted by Crippen LogP contribution is 2.25. The minimum atomic E-state index is -3.42. The van der Waals surface area contributed by atoms with E-state index in [0.717, 1.165) is 5.56 Å². The van der Waals surface area contributed by atoms with Crippen molar-refractivity contribution in [2.45, 2.75) is 10.3 Å². The maximum absolute atomic E-state index is 12.5. The highest BCUT2D eigenvalue weighted by Gasteiger charge is 2.27. The van der Waals surface area contributed by atoms with Crippen LogP contribution in [0.2, 0.25) is 0 Å². The lowest BCUT2D eigenvalue weighted by molar-refractivity contribution is 0.570. The Morgan fingerprint density at radius 2 is 1.39 bits per heavy atom. The second-order valence-corrected chi connectivity index (χ2v) is 5.97. The SMILES string of the molecule is CNC(c1ccccc1)S(=O)(=O)c1ccccc1. The molecule has 0 fully saturated rings. The van der Waals surface area contributed by atoms with E-state index < -0.39 is 15.2 Å². The lowest BCUT2D eigenvalue weighted by atomic mass is 10.2.